The highest BCUT2D eigenvalue weighted by Gasteiger charge is 2.03. The Kier molecular flexibility index (Phi) is 3.38. The summed E-state index contributed by atoms with van der Waals surface area (Å²) in [7, 11) is 0. The van der Waals surface area contributed by atoms with Crippen LogP contribution < -0.4 is 5.73 Å². The predicted octanol–water partition coefficient (Wildman–Crippen LogP) is 2.92. The fraction of sp³-hybridized carbons (Fsp3) is 0.286. The van der Waals surface area contributed by atoms with Crippen LogP contribution in [0.5, 0.6) is 0 Å². The number of nitrogen functional groups attached to an aromatic ring is 1. The molecule has 0 spiro atoms. The molecule has 0 aliphatic heterocycles. The lowest BCUT2D eigenvalue weighted by atomic mass is 10.00. The molecule has 0 unspecified atom stereocenters. The lowest BCUT2D eigenvalue weighted by Gasteiger charge is -2.07. The van der Waals surface area contributed by atoms with Crippen molar-refractivity contribution in [1.82, 2.24) is 9.97 Å². The van der Waals surface area contributed by atoms with Gasteiger partial charge in [-0.25, -0.2) is 9.97 Å². The molecular formula is C14H17N3. The van der Waals surface area contributed by atoms with Crippen LogP contribution in [-0.2, 0) is 6.42 Å². The van der Waals surface area contributed by atoms with E-state index in [0.717, 1.165) is 17.7 Å². The minimum Gasteiger partial charge on any atom is -0.368 e. The SMILES string of the molecule is CC(C)Cc1cccc(-c2ccnc(N)n2)c1. The lowest BCUT2D eigenvalue weighted by molar-refractivity contribution is 0.647. The largest absolute Gasteiger partial charge is 0.368 e. The van der Waals surface area contributed by atoms with Gasteiger partial charge in [-0.3, -0.25) is 0 Å². The molecule has 17 heavy (non-hydrogen) atoms. The number of anilines is 1. The highest BCUT2D eigenvalue weighted by molar-refractivity contribution is 5.60. The zero-order valence-electron chi connectivity index (χ0n) is 10.2. The zero-order chi connectivity index (χ0) is 12.3. The van der Waals surface area contributed by atoms with E-state index in [1.165, 1.54) is 5.56 Å². The summed E-state index contributed by atoms with van der Waals surface area (Å²) >= 11 is 0. The van der Waals surface area contributed by atoms with Crippen LogP contribution in [0, 0.1) is 5.92 Å². The fourth-order valence-electron chi connectivity index (χ4n) is 1.86. The molecule has 2 rings (SSSR count). The van der Waals surface area contributed by atoms with E-state index in [9.17, 15) is 0 Å². The van der Waals surface area contributed by atoms with Crippen molar-refractivity contribution < 1.29 is 0 Å². The molecule has 2 N–H and O–H groups in total. The summed E-state index contributed by atoms with van der Waals surface area (Å²) in [5.41, 5.74) is 8.89. The van der Waals surface area contributed by atoms with Gasteiger partial charge in [-0.05, 0) is 30.0 Å². The maximum absolute atomic E-state index is 5.59. The number of benzene rings is 1. The Morgan fingerprint density at radius 2 is 2.06 bits per heavy atom. The summed E-state index contributed by atoms with van der Waals surface area (Å²) in [4.78, 5) is 8.13. The third-order valence-electron chi connectivity index (χ3n) is 2.54. The van der Waals surface area contributed by atoms with Crippen molar-refractivity contribution >= 4 is 5.95 Å². The Balaban J connectivity index is 2.33. The second kappa shape index (κ2) is 4.95. The van der Waals surface area contributed by atoms with Crippen LogP contribution in [0.3, 0.4) is 0 Å². The molecule has 0 aliphatic carbocycles. The summed E-state index contributed by atoms with van der Waals surface area (Å²) in [5.74, 6) is 0.970. The van der Waals surface area contributed by atoms with Gasteiger partial charge in [0.15, 0.2) is 0 Å². The minimum absolute atomic E-state index is 0.316. The van der Waals surface area contributed by atoms with Gasteiger partial charge in [-0.15, -0.1) is 0 Å². The average molecular weight is 227 g/mol. The quantitative estimate of drug-likeness (QED) is 0.877. The van der Waals surface area contributed by atoms with Gasteiger partial charge in [-0.2, -0.15) is 0 Å². The van der Waals surface area contributed by atoms with Gasteiger partial charge < -0.3 is 5.73 Å². The second-order valence-corrected chi connectivity index (χ2v) is 4.60. The van der Waals surface area contributed by atoms with Crippen molar-refractivity contribution in [2.75, 3.05) is 5.73 Å². The number of aromatic nitrogens is 2. The summed E-state index contributed by atoms with van der Waals surface area (Å²) in [6, 6.07) is 10.3. The van der Waals surface area contributed by atoms with Crippen molar-refractivity contribution in [2.45, 2.75) is 20.3 Å². The van der Waals surface area contributed by atoms with E-state index in [2.05, 4.69) is 42.0 Å². The summed E-state index contributed by atoms with van der Waals surface area (Å²) in [6.45, 7) is 4.44. The monoisotopic (exact) mass is 227 g/mol. The minimum atomic E-state index is 0.316. The smallest absolute Gasteiger partial charge is 0.220 e. The van der Waals surface area contributed by atoms with Crippen molar-refractivity contribution in [2.24, 2.45) is 5.92 Å². The molecule has 1 heterocycles. The molecule has 3 heteroatoms. The molecule has 88 valence electrons. The van der Waals surface area contributed by atoms with Crippen molar-refractivity contribution in [3.63, 3.8) is 0 Å². The van der Waals surface area contributed by atoms with Crippen LogP contribution in [0.15, 0.2) is 36.5 Å². The Hall–Kier alpha value is -1.90. The van der Waals surface area contributed by atoms with Gasteiger partial charge in [0.2, 0.25) is 5.95 Å². The third-order valence-corrected chi connectivity index (χ3v) is 2.54. The Labute approximate surface area is 102 Å². The Bertz CT molecular complexity index is 506. The van der Waals surface area contributed by atoms with Gasteiger partial charge in [0.25, 0.3) is 0 Å². The molecule has 0 amide bonds. The summed E-state index contributed by atoms with van der Waals surface area (Å²) in [6.07, 6.45) is 2.77. The number of rotatable bonds is 3. The van der Waals surface area contributed by atoms with Gasteiger partial charge in [0.05, 0.1) is 5.69 Å². The fourth-order valence-corrected chi connectivity index (χ4v) is 1.86. The van der Waals surface area contributed by atoms with E-state index in [1.807, 2.05) is 12.1 Å². The van der Waals surface area contributed by atoms with Gasteiger partial charge in [-0.1, -0.05) is 32.0 Å². The molecule has 0 radical (unpaired) electrons. The first-order valence-corrected chi connectivity index (χ1v) is 5.83. The van der Waals surface area contributed by atoms with Crippen LogP contribution in [0.4, 0.5) is 5.95 Å². The molecule has 3 nitrogen and oxygen atoms in total. The van der Waals surface area contributed by atoms with E-state index in [0.29, 0.717) is 11.9 Å². The molecule has 0 saturated carbocycles. The van der Waals surface area contributed by atoms with Crippen LogP contribution in [0.1, 0.15) is 19.4 Å². The number of nitrogens with two attached hydrogens (primary N) is 1. The molecule has 0 aliphatic rings. The van der Waals surface area contributed by atoms with E-state index in [4.69, 9.17) is 5.73 Å². The molecular weight excluding hydrogens is 210 g/mol. The van der Waals surface area contributed by atoms with Crippen molar-refractivity contribution in [3.05, 3.63) is 42.1 Å². The maximum atomic E-state index is 5.59. The van der Waals surface area contributed by atoms with Gasteiger partial charge in [0, 0.05) is 11.8 Å². The van der Waals surface area contributed by atoms with Gasteiger partial charge >= 0.3 is 0 Å². The first-order chi connectivity index (χ1) is 8.15. The van der Waals surface area contributed by atoms with E-state index in [-0.39, 0.29) is 0 Å². The van der Waals surface area contributed by atoms with E-state index in [1.54, 1.807) is 6.20 Å². The molecule has 1 aromatic heterocycles. The number of nitrogens with zero attached hydrogens (tertiary/aromatic N) is 2. The topological polar surface area (TPSA) is 51.8 Å². The van der Waals surface area contributed by atoms with Crippen LogP contribution in [0.25, 0.3) is 11.3 Å². The zero-order valence-corrected chi connectivity index (χ0v) is 10.2. The van der Waals surface area contributed by atoms with Crippen LogP contribution in [-0.4, -0.2) is 9.97 Å². The molecule has 2 aromatic rings. The lowest BCUT2D eigenvalue weighted by Crippen LogP contribution is -1.97. The Morgan fingerprint density at radius 1 is 1.24 bits per heavy atom. The summed E-state index contributed by atoms with van der Waals surface area (Å²) < 4.78 is 0. The standard InChI is InChI=1S/C14H17N3/c1-10(2)8-11-4-3-5-12(9-11)13-6-7-16-14(15)17-13/h3-7,9-10H,8H2,1-2H3,(H2,15,16,17). The molecule has 0 fully saturated rings. The van der Waals surface area contributed by atoms with Crippen molar-refractivity contribution in [1.29, 1.82) is 0 Å². The highest BCUT2D eigenvalue weighted by atomic mass is 15.0. The normalized spacial score (nSPS) is 10.8. The molecule has 1 aromatic carbocycles. The molecule has 0 atom stereocenters. The Morgan fingerprint density at radius 3 is 2.76 bits per heavy atom. The first-order valence-electron chi connectivity index (χ1n) is 5.83. The predicted molar refractivity (Wildman–Crippen MR) is 70.4 cm³/mol. The van der Waals surface area contributed by atoms with E-state index < -0.39 is 0 Å². The molecule has 0 saturated heterocycles. The summed E-state index contributed by atoms with van der Waals surface area (Å²) in [5, 5.41) is 0. The average Bonchev–Trinajstić information content (AvgIpc) is 2.28. The highest BCUT2D eigenvalue weighted by Crippen LogP contribution is 2.19. The molecule has 0 bridgehead atoms. The third kappa shape index (κ3) is 3.03. The van der Waals surface area contributed by atoms with Gasteiger partial charge in [0.1, 0.15) is 0 Å². The maximum Gasteiger partial charge on any atom is 0.220 e. The number of hydrogen-bond donors (Lipinski definition) is 1. The first kappa shape index (κ1) is 11.6. The van der Waals surface area contributed by atoms with E-state index >= 15 is 0 Å². The number of hydrogen-bond acceptors (Lipinski definition) is 3. The van der Waals surface area contributed by atoms with Crippen LogP contribution >= 0.6 is 0 Å². The van der Waals surface area contributed by atoms with Crippen LogP contribution in [0.2, 0.25) is 0 Å². The second-order valence-electron chi connectivity index (χ2n) is 4.60. The van der Waals surface area contributed by atoms with Crippen molar-refractivity contribution in [3.8, 4) is 11.3 Å².